The van der Waals surface area contributed by atoms with Crippen LogP contribution in [0.25, 0.3) is 0 Å². The van der Waals surface area contributed by atoms with E-state index in [2.05, 4.69) is 10.6 Å². The number of hydrogen-bond acceptors (Lipinski definition) is 19. The van der Waals surface area contributed by atoms with E-state index >= 15 is 0 Å². The van der Waals surface area contributed by atoms with Crippen molar-refractivity contribution < 1.29 is 74.5 Å². The van der Waals surface area contributed by atoms with Gasteiger partial charge in [0.2, 0.25) is 11.8 Å². The number of aliphatic hydroxyl groups excluding tert-OH is 9. The quantitative estimate of drug-likeness (QED) is 0.0806. The third kappa shape index (κ3) is 9.29. The number of hydrogen-bond donors (Lipinski definition) is 15. The maximum absolute atomic E-state index is 12.9. The molecule has 47 heavy (non-hydrogen) atoms. The van der Waals surface area contributed by atoms with Gasteiger partial charge in [-0.05, 0) is 32.4 Å². The summed E-state index contributed by atoms with van der Waals surface area (Å²) in [6, 6.07) is -4.01. The minimum atomic E-state index is -1.93. The largest absolute Gasteiger partial charge is 0.394 e. The number of carbonyl (C=O) groups is 2. The maximum atomic E-state index is 12.9. The normalized spacial score (nSPS) is 42.4. The first kappa shape index (κ1) is 39.7. The molecule has 0 aromatic carbocycles. The lowest BCUT2D eigenvalue weighted by molar-refractivity contribution is -0.333. The molecular formula is C26H50N6O15. The Balaban J connectivity index is 2.00. The third-order valence-corrected chi connectivity index (χ3v) is 8.54. The van der Waals surface area contributed by atoms with Crippen molar-refractivity contribution in [2.24, 2.45) is 22.9 Å². The van der Waals surface area contributed by atoms with Gasteiger partial charge in [-0.15, -0.1) is 0 Å². The predicted molar refractivity (Wildman–Crippen MR) is 155 cm³/mol. The first-order valence-electron chi connectivity index (χ1n) is 15.3. The van der Waals surface area contributed by atoms with Crippen molar-refractivity contribution >= 4 is 11.8 Å². The van der Waals surface area contributed by atoms with E-state index in [4.69, 9.17) is 41.9 Å². The lowest BCUT2D eigenvalue weighted by atomic mass is 9.82. The molecule has 7 unspecified atom stereocenters. The van der Waals surface area contributed by atoms with Crippen LogP contribution >= 0.6 is 0 Å². The Morgan fingerprint density at radius 1 is 0.702 bits per heavy atom. The van der Waals surface area contributed by atoms with E-state index in [1.807, 2.05) is 0 Å². The molecule has 2 saturated heterocycles. The Kier molecular flexibility index (Phi) is 15.0. The van der Waals surface area contributed by atoms with E-state index in [0.29, 0.717) is 0 Å². The molecule has 3 fully saturated rings. The van der Waals surface area contributed by atoms with E-state index in [-0.39, 0.29) is 38.9 Å². The average molecular weight is 687 g/mol. The summed E-state index contributed by atoms with van der Waals surface area (Å²) in [6.45, 7) is -1.18. The Morgan fingerprint density at radius 3 is 1.62 bits per heavy atom. The summed E-state index contributed by atoms with van der Waals surface area (Å²) < 4.78 is 22.8. The lowest BCUT2D eigenvalue weighted by Gasteiger charge is -2.49. The van der Waals surface area contributed by atoms with Crippen molar-refractivity contribution in [1.82, 2.24) is 10.6 Å². The van der Waals surface area contributed by atoms with Crippen molar-refractivity contribution in [2.75, 3.05) is 26.2 Å². The summed E-state index contributed by atoms with van der Waals surface area (Å²) in [7, 11) is 0. The summed E-state index contributed by atoms with van der Waals surface area (Å²) in [6.07, 6.45) is -23.6. The number of amides is 2. The molecule has 21 nitrogen and oxygen atoms in total. The second-order valence-electron chi connectivity index (χ2n) is 11.9. The summed E-state index contributed by atoms with van der Waals surface area (Å²) in [5.41, 5.74) is 22.4. The fourth-order valence-corrected chi connectivity index (χ4v) is 5.74. The van der Waals surface area contributed by atoms with E-state index in [0.717, 1.165) is 0 Å². The average Bonchev–Trinajstić information content (AvgIpc) is 3.04. The maximum Gasteiger partial charge on any atom is 0.249 e. The van der Waals surface area contributed by atoms with E-state index in [1.54, 1.807) is 0 Å². The monoisotopic (exact) mass is 686 g/mol. The molecule has 2 heterocycles. The first-order chi connectivity index (χ1) is 22.2. The highest BCUT2D eigenvalue weighted by molar-refractivity contribution is 5.81. The summed E-state index contributed by atoms with van der Waals surface area (Å²) in [5.74, 6) is -1.90. The fourth-order valence-electron chi connectivity index (χ4n) is 5.74. The van der Waals surface area contributed by atoms with Crippen molar-refractivity contribution in [3.63, 3.8) is 0 Å². The zero-order valence-corrected chi connectivity index (χ0v) is 25.5. The molecule has 0 bridgehead atoms. The molecule has 0 aromatic heterocycles. The van der Waals surface area contributed by atoms with Crippen molar-refractivity contribution in [3.8, 4) is 0 Å². The van der Waals surface area contributed by atoms with E-state index in [1.165, 1.54) is 0 Å². The molecule has 1 aliphatic carbocycles. The van der Waals surface area contributed by atoms with Gasteiger partial charge >= 0.3 is 0 Å². The van der Waals surface area contributed by atoms with Crippen LogP contribution in [0.3, 0.4) is 0 Å². The molecule has 2 amide bonds. The van der Waals surface area contributed by atoms with Crippen LogP contribution in [0.4, 0.5) is 0 Å². The minimum Gasteiger partial charge on any atom is -0.394 e. The molecule has 274 valence electrons. The molecule has 17 atom stereocenters. The number of rotatable bonds is 14. The van der Waals surface area contributed by atoms with E-state index in [9.17, 15) is 55.5 Å². The second-order valence-corrected chi connectivity index (χ2v) is 11.9. The number of nitrogens with two attached hydrogens (primary N) is 4. The van der Waals surface area contributed by atoms with Crippen LogP contribution in [0.15, 0.2) is 0 Å². The topological polar surface area (TPSA) is 381 Å². The van der Waals surface area contributed by atoms with Gasteiger partial charge in [0.15, 0.2) is 12.6 Å². The SMILES string of the molecule is NCC[C@H](O)C(=O)N[C@H]1C[C@@H](NC(=O)[C@@H](O)CCN)[C@H](O[C@H]2OC(CO)[C@@H](O)[C@H](N)C2O)C(O)C1O[C@H]1OC(CN)[C@@H](O)C(O)C1O. The van der Waals surface area contributed by atoms with Gasteiger partial charge in [-0.25, -0.2) is 0 Å². The van der Waals surface area contributed by atoms with Crippen LogP contribution < -0.4 is 33.6 Å². The van der Waals surface area contributed by atoms with Gasteiger partial charge in [0.05, 0.1) is 24.7 Å². The molecule has 19 N–H and O–H groups in total. The van der Waals surface area contributed by atoms with Crippen LogP contribution in [0.1, 0.15) is 19.3 Å². The van der Waals surface area contributed by atoms with Gasteiger partial charge in [0.25, 0.3) is 0 Å². The minimum absolute atomic E-state index is 0.0611. The Labute approximate surface area is 269 Å². The highest BCUT2D eigenvalue weighted by Crippen LogP contribution is 2.33. The molecule has 1 saturated carbocycles. The third-order valence-electron chi connectivity index (χ3n) is 8.54. The van der Waals surface area contributed by atoms with Crippen molar-refractivity contribution in [3.05, 3.63) is 0 Å². The molecule has 3 rings (SSSR count). The summed E-state index contributed by atoms with van der Waals surface area (Å²) >= 11 is 0. The highest BCUT2D eigenvalue weighted by Gasteiger charge is 2.53. The van der Waals surface area contributed by atoms with Gasteiger partial charge in [0, 0.05) is 6.54 Å². The number of ether oxygens (including phenoxy) is 4. The number of nitrogens with one attached hydrogen (secondary N) is 2. The molecule has 3 aliphatic rings. The second kappa shape index (κ2) is 17.8. The zero-order chi connectivity index (χ0) is 35.2. The number of aliphatic hydroxyl groups is 9. The predicted octanol–water partition coefficient (Wildman–Crippen LogP) is -9.56. The van der Waals surface area contributed by atoms with Crippen LogP contribution in [0.2, 0.25) is 0 Å². The van der Waals surface area contributed by atoms with Crippen molar-refractivity contribution in [2.45, 2.75) is 123 Å². The molecule has 0 spiro atoms. The summed E-state index contributed by atoms with van der Waals surface area (Å²) in [4.78, 5) is 25.8. The van der Waals surface area contributed by atoms with Crippen LogP contribution in [0.5, 0.6) is 0 Å². The lowest BCUT2D eigenvalue weighted by Crippen LogP contribution is -2.70. The highest BCUT2D eigenvalue weighted by atomic mass is 16.7. The standard InChI is InChI=1S/C26H50N6O15/c27-3-1-10(34)23(42)31-8-5-9(32-24(43)11(35)2-4-28)22(47-26-19(40)18(39)16(37)12(6-29)44-26)20(41)21(8)46-25-17(38)14(30)15(36)13(7-33)45-25/h8-22,25-26,33-41H,1-7,27-30H2,(H,31,42)(H,32,43)/t8-,9+,10+,11+,12?,13?,14+,15-,16-,17?,18?,19?,20?,21+,22?,25-,26-/m1/s1. The first-order valence-corrected chi connectivity index (χ1v) is 15.3. The van der Waals surface area contributed by atoms with Gasteiger partial charge in [-0.3, -0.25) is 9.59 Å². The molecule has 0 radical (unpaired) electrons. The smallest absolute Gasteiger partial charge is 0.249 e. The van der Waals surface area contributed by atoms with Crippen LogP contribution in [0, 0.1) is 0 Å². The Bertz CT molecular complexity index is 928. The molecule has 2 aliphatic heterocycles. The van der Waals surface area contributed by atoms with Gasteiger partial charge in [0.1, 0.15) is 73.2 Å². The number of carbonyl (C=O) groups excluding carboxylic acids is 2. The van der Waals surface area contributed by atoms with Gasteiger partial charge in [-0.1, -0.05) is 0 Å². The van der Waals surface area contributed by atoms with Gasteiger partial charge < -0.3 is 98.5 Å². The zero-order valence-electron chi connectivity index (χ0n) is 25.5. The molecular weight excluding hydrogens is 636 g/mol. The van der Waals surface area contributed by atoms with Gasteiger partial charge in [-0.2, -0.15) is 0 Å². The van der Waals surface area contributed by atoms with E-state index < -0.39 is 122 Å². The van der Waals surface area contributed by atoms with Crippen molar-refractivity contribution in [1.29, 1.82) is 0 Å². The Hall–Kier alpha value is -1.74. The van der Waals surface area contributed by atoms with Crippen LogP contribution in [-0.4, -0.2) is 188 Å². The molecule has 21 heteroatoms. The van der Waals surface area contributed by atoms with Crippen LogP contribution in [-0.2, 0) is 28.5 Å². The summed E-state index contributed by atoms with van der Waals surface area (Å²) in [5, 5.41) is 99.2. The fraction of sp³-hybridized carbons (Fsp3) is 0.923. The molecule has 0 aromatic rings. The Morgan fingerprint density at radius 2 is 1.17 bits per heavy atom.